The lowest BCUT2D eigenvalue weighted by molar-refractivity contribution is -0.140. The summed E-state index contributed by atoms with van der Waals surface area (Å²) < 4.78 is 92.9. The van der Waals surface area contributed by atoms with Crippen LogP contribution in [0.1, 0.15) is 29.2 Å². The van der Waals surface area contributed by atoms with Crippen molar-refractivity contribution in [1.29, 1.82) is 0 Å². The van der Waals surface area contributed by atoms with Crippen LogP contribution >= 0.6 is 11.6 Å². The lowest BCUT2D eigenvalue weighted by Gasteiger charge is -2.19. The van der Waals surface area contributed by atoms with E-state index in [2.05, 4.69) is 4.99 Å². The standard InChI is InChI=1S/C26H23ClF6N2O2/c1-5-35(4)14-34-20-11-16(3)23(12-15(20)2)37-22-8-6-7-21(24(22)26(31,32)33)36-17-9-10-19(27)18(13-17)25(28,29)30/h6-14H,5H2,1-4H3. The highest BCUT2D eigenvalue weighted by molar-refractivity contribution is 6.31. The van der Waals surface area contributed by atoms with Gasteiger partial charge in [0, 0.05) is 13.6 Å². The second-order valence-corrected chi connectivity index (χ2v) is 8.60. The van der Waals surface area contributed by atoms with Gasteiger partial charge in [-0.3, -0.25) is 0 Å². The zero-order chi connectivity index (χ0) is 27.5. The highest BCUT2D eigenvalue weighted by atomic mass is 35.5. The van der Waals surface area contributed by atoms with Crippen LogP contribution < -0.4 is 9.47 Å². The van der Waals surface area contributed by atoms with Crippen LogP contribution in [0.3, 0.4) is 0 Å². The number of hydrogen-bond donors (Lipinski definition) is 0. The van der Waals surface area contributed by atoms with Crippen molar-refractivity contribution in [2.45, 2.75) is 33.1 Å². The molecule has 198 valence electrons. The van der Waals surface area contributed by atoms with Gasteiger partial charge in [0.05, 0.1) is 22.6 Å². The molecular weight excluding hydrogens is 522 g/mol. The van der Waals surface area contributed by atoms with Crippen LogP contribution in [0.5, 0.6) is 23.0 Å². The minimum Gasteiger partial charge on any atom is -0.457 e. The van der Waals surface area contributed by atoms with Crippen molar-refractivity contribution in [2.24, 2.45) is 4.99 Å². The number of nitrogens with zero attached hydrogens (tertiary/aromatic N) is 2. The first-order valence-electron chi connectivity index (χ1n) is 11.0. The lowest BCUT2D eigenvalue weighted by atomic mass is 10.1. The van der Waals surface area contributed by atoms with Crippen LogP contribution in [-0.4, -0.2) is 24.8 Å². The largest absolute Gasteiger partial charge is 0.457 e. The third-order valence-corrected chi connectivity index (χ3v) is 5.68. The van der Waals surface area contributed by atoms with Crippen molar-refractivity contribution in [3.63, 3.8) is 0 Å². The van der Waals surface area contributed by atoms with Crippen LogP contribution in [0, 0.1) is 13.8 Å². The Hall–Kier alpha value is -3.40. The van der Waals surface area contributed by atoms with E-state index in [9.17, 15) is 26.3 Å². The third kappa shape index (κ3) is 6.88. The number of alkyl halides is 6. The van der Waals surface area contributed by atoms with Gasteiger partial charge in [-0.15, -0.1) is 0 Å². The predicted octanol–water partition coefficient (Wildman–Crippen LogP) is 9.19. The van der Waals surface area contributed by atoms with Gasteiger partial charge in [0.15, 0.2) is 0 Å². The van der Waals surface area contributed by atoms with E-state index in [0.29, 0.717) is 22.9 Å². The minimum absolute atomic E-state index is 0.161. The third-order valence-electron chi connectivity index (χ3n) is 5.35. The molecule has 0 bridgehead atoms. The Morgan fingerprint density at radius 1 is 0.865 bits per heavy atom. The summed E-state index contributed by atoms with van der Waals surface area (Å²) in [5.74, 6) is -1.60. The van der Waals surface area contributed by atoms with E-state index >= 15 is 0 Å². The first-order chi connectivity index (χ1) is 17.2. The molecule has 0 aromatic heterocycles. The second kappa shape index (κ2) is 10.9. The zero-order valence-corrected chi connectivity index (χ0v) is 21.0. The normalized spacial score (nSPS) is 12.2. The summed E-state index contributed by atoms with van der Waals surface area (Å²) >= 11 is 5.60. The monoisotopic (exact) mass is 544 g/mol. The molecule has 0 aliphatic rings. The van der Waals surface area contributed by atoms with E-state index < -0.39 is 45.8 Å². The molecule has 0 aliphatic carbocycles. The molecule has 0 fully saturated rings. The van der Waals surface area contributed by atoms with Crippen molar-refractivity contribution in [2.75, 3.05) is 13.6 Å². The molecule has 0 saturated heterocycles. The van der Waals surface area contributed by atoms with Crippen LogP contribution in [0.25, 0.3) is 0 Å². The number of benzene rings is 3. The van der Waals surface area contributed by atoms with E-state index in [1.165, 1.54) is 6.07 Å². The summed E-state index contributed by atoms with van der Waals surface area (Å²) in [5, 5.41) is -0.604. The molecule has 0 amide bonds. The number of aliphatic imine (C=N–C) groups is 1. The maximum atomic E-state index is 14.1. The van der Waals surface area contributed by atoms with E-state index in [1.54, 1.807) is 32.3 Å². The Balaban J connectivity index is 2.01. The van der Waals surface area contributed by atoms with E-state index in [-0.39, 0.29) is 5.75 Å². The highest BCUT2D eigenvalue weighted by Crippen LogP contribution is 2.46. The van der Waals surface area contributed by atoms with Gasteiger partial charge >= 0.3 is 12.4 Å². The molecule has 0 radical (unpaired) electrons. The molecule has 0 atom stereocenters. The SMILES string of the molecule is CCN(C)C=Nc1cc(C)c(Oc2cccc(Oc3ccc(Cl)c(C(F)(F)F)c3)c2C(F)(F)F)cc1C. The van der Waals surface area contributed by atoms with Crippen LogP contribution in [0.4, 0.5) is 32.0 Å². The highest BCUT2D eigenvalue weighted by Gasteiger charge is 2.39. The fraction of sp³-hybridized carbons (Fsp3) is 0.269. The average molecular weight is 545 g/mol. The van der Waals surface area contributed by atoms with Crippen molar-refractivity contribution >= 4 is 23.6 Å². The van der Waals surface area contributed by atoms with Crippen LogP contribution in [0.2, 0.25) is 5.02 Å². The molecule has 0 saturated carbocycles. The van der Waals surface area contributed by atoms with E-state index in [4.69, 9.17) is 21.1 Å². The Labute approximate surface area is 215 Å². The Morgan fingerprint density at radius 2 is 1.51 bits per heavy atom. The van der Waals surface area contributed by atoms with Gasteiger partial charge in [-0.05, 0) is 74.4 Å². The number of aryl methyl sites for hydroxylation is 2. The summed E-state index contributed by atoms with van der Waals surface area (Å²) in [7, 11) is 1.85. The maximum Gasteiger partial charge on any atom is 0.423 e. The van der Waals surface area contributed by atoms with Crippen LogP contribution in [-0.2, 0) is 12.4 Å². The van der Waals surface area contributed by atoms with Crippen molar-refractivity contribution in [3.05, 3.63) is 75.8 Å². The fourth-order valence-electron chi connectivity index (χ4n) is 3.26. The summed E-state index contributed by atoms with van der Waals surface area (Å²) in [6.45, 7) is 6.11. The van der Waals surface area contributed by atoms with Gasteiger partial charge in [0.1, 0.15) is 28.6 Å². The van der Waals surface area contributed by atoms with Gasteiger partial charge in [-0.25, -0.2) is 4.99 Å². The van der Waals surface area contributed by atoms with Crippen LogP contribution in [0.15, 0.2) is 53.5 Å². The predicted molar refractivity (Wildman–Crippen MR) is 130 cm³/mol. The summed E-state index contributed by atoms with van der Waals surface area (Å²) in [5.41, 5.74) is -0.678. The molecule has 3 rings (SSSR count). The van der Waals surface area contributed by atoms with Gasteiger partial charge < -0.3 is 14.4 Å². The zero-order valence-electron chi connectivity index (χ0n) is 20.3. The van der Waals surface area contributed by atoms with Crippen molar-refractivity contribution in [1.82, 2.24) is 4.90 Å². The van der Waals surface area contributed by atoms with E-state index in [0.717, 1.165) is 30.8 Å². The summed E-state index contributed by atoms with van der Waals surface area (Å²) in [4.78, 5) is 6.25. The summed E-state index contributed by atoms with van der Waals surface area (Å²) in [6, 6.07) is 9.10. The second-order valence-electron chi connectivity index (χ2n) is 8.19. The molecule has 3 aromatic carbocycles. The van der Waals surface area contributed by atoms with Gasteiger partial charge in [-0.1, -0.05) is 17.7 Å². The van der Waals surface area contributed by atoms with Crippen molar-refractivity contribution in [3.8, 4) is 23.0 Å². The molecule has 3 aromatic rings. The molecule has 0 heterocycles. The molecule has 0 N–H and O–H groups in total. The topological polar surface area (TPSA) is 34.1 Å². The Morgan fingerprint density at radius 3 is 2.11 bits per heavy atom. The van der Waals surface area contributed by atoms with Gasteiger partial charge in [0.25, 0.3) is 0 Å². The number of ether oxygens (including phenoxy) is 2. The minimum atomic E-state index is -4.94. The van der Waals surface area contributed by atoms with E-state index in [1.807, 2.05) is 18.9 Å². The number of halogens is 7. The number of hydrogen-bond acceptors (Lipinski definition) is 3. The molecule has 11 heteroatoms. The molecule has 0 unspecified atom stereocenters. The molecule has 37 heavy (non-hydrogen) atoms. The number of rotatable bonds is 7. The lowest BCUT2D eigenvalue weighted by Crippen LogP contribution is -2.14. The van der Waals surface area contributed by atoms with Gasteiger partial charge in [-0.2, -0.15) is 26.3 Å². The Bertz CT molecular complexity index is 1310. The quantitative estimate of drug-likeness (QED) is 0.169. The molecule has 4 nitrogen and oxygen atoms in total. The first kappa shape index (κ1) is 28.2. The molecule has 0 spiro atoms. The summed E-state index contributed by atoms with van der Waals surface area (Å²) in [6.07, 6.45) is -8.11. The van der Waals surface area contributed by atoms with Crippen molar-refractivity contribution < 1.29 is 35.8 Å². The molecular formula is C26H23ClF6N2O2. The molecule has 0 aliphatic heterocycles. The first-order valence-corrected chi connectivity index (χ1v) is 11.4. The Kier molecular flexibility index (Phi) is 8.32. The average Bonchev–Trinajstić information content (AvgIpc) is 2.80. The van der Waals surface area contributed by atoms with Gasteiger partial charge in [0.2, 0.25) is 0 Å². The smallest absolute Gasteiger partial charge is 0.423 e. The maximum absolute atomic E-state index is 14.1. The fourth-order valence-corrected chi connectivity index (χ4v) is 3.48.